The zero-order chi connectivity index (χ0) is 24.1. The summed E-state index contributed by atoms with van der Waals surface area (Å²) in [6.45, 7) is 0.0246. The van der Waals surface area contributed by atoms with Crippen LogP contribution in [0.2, 0.25) is 5.02 Å². The molecule has 1 aliphatic rings. The second-order valence-electron chi connectivity index (χ2n) is 7.53. The molecule has 9 nitrogen and oxygen atoms in total. The highest BCUT2D eigenvalue weighted by Crippen LogP contribution is 2.34. The molecule has 0 radical (unpaired) electrons. The molecular formula is C23H26ClN3O6. The minimum Gasteiger partial charge on any atom is -0.495 e. The summed E-state index contributed by atoms with van der Waals surface area (Å²) in [5, 5.41) is 3.14. The van der Waals surface area contributed by atoms with E-state index < -0.39 is 11.8 Å². The Morgan fingerprint density at radius 2 is 1.73 bits per heavy atom. The van der Waals surface area contributed by atoms with Crippen LogP contribution in [0.1, 0.15) is 6.42 Å². The molecule has 176 valence electrons. The number of likely N-dealkylation sites (N-methyl/N-ethyl adjacent to an activating group) is 1. The van der Waals surface area contributed by atoms with Crippen molar-refractivity contribution in [3.8, 4) is 17.2 Å². The van der Waals surface area contributed by atoms with Crippen LogP contribution >= 0.6 is 11.6 Å². The summed E-state index contributed by atoms with van der Waals surface area (Å²) in [6, 6.07) is 9.99. The Labute approximate surface area is 197 Å². The highest BCUT2D eigenvalue weighted by atomic mass is 35.5. The molecule has 0 spiro atoms. The number of amides is 3. The molecule has 10 heteroatoms. The van der Waals surface area contributed by atoms with Gasteiger partial charge in [0.2, 0.25) is 17.7 Å². The van der Waals surface area contributed by atoms with Crippen LogP contribution in [0.3, 0.4) is 0 Å². The second kappa shape index (κ2) is 10.4. The summed E-state index contributed by atoms with van der Waals surface area (Å²) >= 11 is 5.99. The predicted molar refractivity (Wildman–Crippen MR) is 124 cm³/mol. The van der Waals surface area contributed by atoms with E-state index >= 15 is 0 Å². The Bertz CT molecular complexity index is 1060. The Kier molecular flexibility index (Phi) is 7.65. The van der Waals surface area contributed by atoms with Gasteiger partial charge in [0.05, 0.1) is 39.5 Å². The van der Waals surface area contributed by atoms with E-state index in [1.54, 1.807) is 36.4 Å². The largest absolute Gasteiger partial charge is 0.495 e. The number of nitrogens with zero attached hydrogens (tertiary/aromatic N) is 2. The van der Waals surface area contributed by atoms with Gasteiger partial charge in [0.1, 0.15) is 5.75 Å². The molecule has 1 atom stereocenters. The predicted octanol–water partition coefficient (Wildman–Crippen LogP) is 2.82. The lowest BCUT2D eigenvalue weighted by Gasteiger charge is -2.22. The fraction of sp³-hybridized carbons (Fsp3) is 0.348. The van der Waals surface area contributed by atoms with Crippen molar-refractivity contribution in [1.29, 1.82) is 0 Å². The second-order valence-corrected chi connectivity index (χ2v) is 7.97. The molecule has 0 aliphatic carbocycles. The highest BCUT2D eigenvalue weighted by molar-refractivity contribution is 6.31. The van der Waals surface area contributed by atoms with Gasteiger partial charge in [-0.15, -0.1) is 0 Å². The zero-order valence-electron chi connectivity index (χ0n) is 18.9. The van der Waals surface area contributed by atoms with Gasteiger partial charge in [0.15, 0.2) is 11.5 Å². The van der Waals surface area contributed by atoms with Crippen LogP contribution in [0.4, 0.5) is 11.4 Å². The molecule has 33 heavy (non-hydrogen) atoms. The van der Waals surface area contributed by atoms with Gasteiger partial charge >= 0.3 is 0 Å². The minimum absolute atomic E-state index is 0.0568. The first-order valence-corrected chi connectivity index (χ1v) is 10.6. The quantitative estimate of drug-likeness (QED) is 0.630. The maximum Gasteiger partial charge on any atom is 0.244 e. The highest BCUT2D eigenvalue weighted by Gasteiger charge is 2.37. The van der Waals surface area contributed by atoms with Crippen molar-refractivity contribution in [2.24, 2.45) is 5.92 Å². The number of anilines is 2. The van der Waals surface area contributed by atoms with Gasteiger partial charge in [0, 0.05) is 36.8 Å². The summed E-state index contributed by atoms with van der Waals surface area (Å²) in [5.74, 6) is 0.0392. The third-order valence-corrected chi connectivity index (χ3v) is 5.58. The van der Waals surface area contributed by atoms with Crippen molar-refractivity contribution in [3.63, 3.8) is 0 Å². The zero-order valence-corrected chi connectivity index (χ0v) is 19.6. The van der Waals surface area contributed by atoms with Gasteiger partial charge < -0.3 is 29.3 Å². The molecule has 1 fully saturated rings. The van der Waals surface area contributed by atoms with Gasteiger partial charge in [-0.2, -0.15) is 0 Å². The fourth-order valence-electron chi connectivity index (χ4n) is 3.69. The molecule has 1 saturated heterocycles. The van der Waals surface area contributed by atoms with Crippen LogP contribution in [0.5, 0.6) is 17.2 Å². The Morgan fingerprint density at radius 1 is 1.06 bits per heavy atom. The smallest absolute Gasteiger partial charge is 0.244 e. The molecule has 2 aromatic carbocycles. The number of nitrogens with one attached hydrogen (secondary N) is 1. The summed E-state index contributed by atoms with van der Waals surface area (Å²) in [4.78, 5) is 40.9. The van der Waals surface area contributed by atoms with Crippen LogP contribution in [0, 0.1) is 5.92 Å². The van der Waals surface area contributed by atoms with Crippen LogP contribution < -0.4 is 24.4 Å². The van der Waals surface area contributed by atoms with Gasteiger partial charge in [0.25, 0.3) is 0 Å². The minimum atomic E-state index is -0.566. The third kappa shape index (κ3) is 5.48. The van der Waals surface area contributed by atoms with Gasteiger partial charge in [-0.25, -0.2) is 0 Å². The van der Waals surface area contributed by atoms with Gasteiger partial charge in [-0.05, 0) is 30.3 Å². The van der Waals surface area contributed by atoms with E-state index in [1.165, 1.54) is 38.2 Å². The summed E-state index contributed by atoms with van der Waals surface area (Å²) in [5.41, 5.74) is 1.02. The van der Waals surface area contributed by atoms with Crippen LogP contribution in [-0.4, -0.2) is 64.1 Å². The summed E-state index contributed by atoms with van der Waals surface area (Å²) in [7, 11) is 6.05. The average molecular weight is 476 g/mol. The van der Waals surface area contributed by atoms with Crippen LogP contribution in [0.25, 0.3) is 0 Å². The van der Waals surface area contributed by atoms with E-state index in [0.717, 1.165) is 0 Å². The number of rotatable bonds is 8. The Hall–Kier alpha value is -3.46. The molecule has 0 saturated carbocycles. The number of benzene rings is 2. The first kappa shape index (κ1) is 24.2. The number of carbonyl (C=O) groups is 3. The average Bonchev–Trinajstić information content (AvgIpc) is 3.19. The van der Waals surface area contributed by atoms with Crippen molar-refractivity contribution in [2.75, 3.05) is 51.7 Å². The van der Waals surface area contributed by atoms with Crippen LogP contribution in [0.15, 0.2) is 36.4 Å². The molecule has 0 bridgehead atoms. The summed E-state index contributed by atoms with van der Waals surface area (Å²) < 4.78 is 15.7. The SMILES string of the molecule is COc1ccc(Cl)cc1NC(=O)CN(C)C(=O)C1CC(=O)N(c2ccc(OC)c(OC)c2)C1. The Morgan fingerprint density at radius 3 is 2.39 bits per heavy atom. The lowest BCUT2D eigenvalue weighted by Crippen LogP contribution is -2.39. The molecular weight excluding hydrogens is 450 g/mol. The molecule has 2 aromatic rings. The maximum absolute atomic E-state index is 12.9. The van der Waals surface area contributed by atoms with Crippen molar-refractivity contribution < 1.29 is 28.6 Å². The van der Waals surface area contributed by atoms with E-state index in [2.05, 4.69) is 5.32 Å². The van der Waals surface area contributed by atoms with Gasteiger partial charge in [-0.1, -0.05) is 11.6 Å². The van der Waals surface area contributed by atoms with Crippen molar-refractivity contribution >= 4 is 40.7 Å². The number of halogens is 1. The molecule has 1 N–H and O–H groups in total. The molecule has 1 aliphatic heterocycles. The summed E-state index contributed by atoms with van der Waals surface area (Å²) in [6.07, 6.45) is 0.0568. The van der Waals surface area contributed by atoms with Gasteiger partial charge in [-0.3, -0.25) is 14.4 Å². The van der Waals surface area contributed by atoms with Crippen LogP contribution in [-0.2, 0) is 14.4 Å². The maximum atomic E-state index is 12.9. The number of ether oxygens (including phenoxy) is 3. The Balaban J connectivity index is 1.64. The first-order chi connectivity index (χ1) is 15.8. The van der Waals surface area contributed by atoms with Crippen molar-refractivity contribution in [3.05, 3.63) is 41.4 Å². The molecule has 1 heterocycles. The van der Waals surface area contributed by atoms with Crippen molar-refractivity contribution in [2.45, 2.75) is 6.42 Å². The van der Waals surface area contributed by atoms with E-state index in [0.29, 0.717) is 33.6 Å². The molecule has 0 aromatic heterocycles. The van der Waals surface area contributed by atoms with E-state index in [1.807, 2.05) is 0 Å². The fourth-order valence-corrected chi connectivity index (χ4v) is 3.86. The molecule has 1 unspecified atom stereocenters. The molecule has 3 rings (SSSR count). The normalized spacial score (nSPS) is 15.2. The van der Waals surface area contributed by atoms with E-state index in [-0.39, 0.29) is 31.3 Å². The topological polar surface area (TPSA) is 97.4 Å². The standard InChI is InChI=1S/C23H26ClN3O6/c1-26(13-21(28)25-17-10-15(24)5-7-18(17)31-2)23(30)14-9-22(29)27(12-14)16-6-8-19(32-3)20(11-16)33-4/h5-8,10-11,14H,9,12-13H2,1-4H3,(H,25,28). The number of hydrogen-bond acceptors (Lipinski definition) is 6. The number of hydrogen-bond donors (Lipinski definition) is 1. The van der Waals surface area contributed by atoms with E-state index in [4.69, 9.17) is 25.8 Å². The monoisotopic (exact) mass is 475 g/mol. The molecule has 3 amide bonds. The lowest BCUT2D eigenvalue weighted by atomic mass is 10.1. The lowest BCUT2D eigenvalue weighted by molar-refractivity contribution is -0.137. The number of carbonyl (C=O) groups excluding carboxylic acids is 3. The number of methoxy groups -OCH3 is 3. The first-order valence-electron chi connectivity index (χ1n) is 10.2. The third-order valence-electron chi connectivity index (χ3n) is 5.35. The van der Waals surface area contributed by atoms with Crippen molar-refractivity contribution in [1.82, 2.24) is 4.90 Å². The van der Waals surface area contributed by atoms with E-state index in [9.17, 15) is 14.4 Å².